The SMILES string of the molecule is CCCCCCCCOC(=O)C1(NC(=O)OCCOC)CCCC1. The summed E-state index contributed by atoms with van der Waals surface area (Å²) in [7, 11) is 1.54. The van der Waals surface area contributed by atoms with Gasteiger partial charge in [-0.3, -0.25) is 0 Å². The Labute approximate surface area is 145 Å². The second kappa shape index (κ2) is 12.1. The average Bonchev–Trinajstić information content (AvgIpc) is 3.03. The number of rotatable bonds is 12. The quantitative estimate of drug-likeness (QED) is 0.433. The number of carbonyl (C=O) groups excluding carboxylic acids is 2. The predicted octanol–water partition coefficient (Wildman–Crippen LogP) is 3.58. The van der Waals surface area contributed by atoms with Gasteiger partial charge in [-0.05, 0) is 19.3 Å². The fraction of sp³-hybridized carbons (Fsp3) is 0.889. The van der Waals surface area contributed by atoms with E-state index in [0.29, 0.717) is 26.1 Å². The Morgan fingerprint density at radius 2 is 1.58 bits per heavy atom. The molecule has 1 fully saturated rings. The van der Waals surface area contributed by atoms with E-state index in [4.69, 9.17) is 14.2 Å². The molecule has 1 amide bonds. The number of hydrogen-bond donors (Lipinski definition) is 1. The van der Waals surface area contributed by atoms with Gasteiger partial charge < -0.3 is 19.5 Å². The molecule has 1 N–H and O–H groups in total. The highest BCUT2D eigenvalue weighted by atomic mass is 16.6. The molecule has 1 rings (SSSR count). The fourth-order valence-corrected chi connectivity index (χ4v) is 2.99. The van der Waals surface area contributed by atoms with Crippen LogP contribution in [0.3, 0.4) is 0 Å². The molecule has 0 aromatic rings. The minimum absolute atomic E-state index is 0.172. The summed E-state index contributed by atoms with van der Waals surface area (Å²) in [6, 6.07) is 0. The molecule has 1 aliphatic rings. The van der Waals surface area contributed by atoms with Gasteiger partial charge in [0, 0.05) is 7.11 Å². The Kier molecular flexibility index (Phi) is 10.5. The Morgan fingerprint density at radius 3 is 2.25 bits per heavy atom. The number of hydrogen-bond acceptors (Lipinski definition) is 5. The first-order chi connectivity index (χ1) is 11.6. The van der Waals surface area contributed by atoms with Crippen molar-refractivity contribution in [2.24, 2.45) is 0 Å². The molecule has 24 heavy (non-hydrogen) atoms. The second-order valence-corrected chi connectivity index (χ2v) is 6.45. The highest BCUT2D eigenvalue weighted by molar-refractivity contribution is 5.86. The molecule has 0 spiro atoms. The number of nitrogens with one attached hydrogen (secondary N) is 1. The number of unbranched alkanes of at least 4 members (excludes halogenated alkanes) is 5. The van der Waals surface area contributed by atoms with E-state index < -0.39 is 11.6 Å². The highest BCUT2D eigenvalue weighted by Crippen LogP contribution is 2.31. The average molecular weight is 343 g/mol. The maximum Gasteiger partial charge on any atom is 0.408 e. The number of alkyl carbamates (subject to hydrolysis) is 1. The van der Waals surface area contributed by atoms with Gasteiger partial charge in [0.05, 0.1) is 13.2 Å². The molecule has 140 valence electrons. The summed E-state index contributed by atoms with van der Waals surface area (Å²) in [5.41, 5.74) is -0.910. The van der Waals surface area contributed by atoms with Crippen molar-refractivity contribution >= 4 is 12.1 Å². The van der Waals surface area contributed by atoms with Crippen molar-refractivity contribution in [3.63, 3.8) is 0 Å². The zero-order valence-corrected chi connectivity index (χ0v) is 15.2. The summed E-state index contributed by atoms with van der Waals surface area (Å²) in [6.07, 6.45) is 9.32. The van der Waals surface area contributed by atoms with E-state index in [1.165, 1.54) is 25.7 Å². The maximum atomic E-state index is 12.5. The first-order valence-electron chi connectivity index (χ1n) is 9.25. The number of methoxy groups -OCH3 is 1. The van der Waals surface area contributed by atoms with Crippen LogP contribution >= 0.6 is 0 Å². The van der Waals surface area contributed by atoms with E-state index in [1.807, 2.05) is 0 Å². The summed E-state index contributed by atoms with van der Waals surface area (Å²) < 4.78 is 15.3. The first-order valence-corrected chi connectivity index (χ1v) is 9.25. The molecule has 0 radical (unpaired) electrons. The van der Waals surface area contributed by atoms with E-state index in [9.17, 15) is 9.59 Å². The van der Waals surface area contributed by atoms with Gasteiger partial charge in [0.1, 0.15) is 12.1 Å². The van der Waals surface area contributed by atoms with Crippen molar-refractivity contribution in [2.75, 3.05) is 26.9 Å². The van der Waals surface area contributed by atoms with Crippen LogP contribution in [0.2, 0.25) is 0 Å². The van der Waals surface area contributed by atoms with Gasteiger partial charge in [-0.15, -0.1) is 0 Å². The molecule has 0 aromatic heterocycles. The van der Waals surface area contributed by atoms with Gasteiger partial charge in [-0.1, -0.05) is 51.9 Å². The van der Waals surface area contributed by atoms with E-state index in [-0.39, 0.29) is 12.6 Å². The monoisotopic (exact) mass is 343 g/mol. The summed E-state index contributed by atoms with van der Waals surface area (Å²) in [4.78, 5) is 24.3. The van der Waals surface area contributed by atoms with Gasteiger partial charge >= 0.3 is 12.1 Å². The summed E-state index contributed by atoms with van der Waals surface area (Å²) in [6.45, 7) is 3.12. The Morgan fingerprint density at radius 1 is 0.917 bits per heavy atom. The molecule has 1 aliphatic carbocycles. The highest BCUT2D eigenvalue weighted by Gasteiger charge is 2.44. The van der Waals surface area contributed by atoms with E-state index in [2.05, 4.69) is 12.2 Å². The smallest absolute Gasteiger partial charge is 0.408 e. The minimum atomic E-state index is -0.910. The zero-order valence-electron chi connectivity index (χ0n) is 15.2. The van der Waals surface area contributed by atoms with Crippen molar-refractivity contribution < 1.29 is 23.8 Å². The molecule has 0 saturated heterocycles. The van der Waals surface area contributed by atoms with Crippen molar-refractivity contribution in [2.45, 2.75) is 76.7 Å². The van der Waals surface area contributed by atoms with Crippen molar-refractivity contribution in [3.8, 4) is 0 Å². The van der Waals surface area contributed by atoms with Crippen LogP contribution in [0, 0.1) is 0 Å². The van der Waals surface area contributed by atoms with Gasteiger partial charge in [0.25, 0.3) is 0 Å². The molecule has 6 heteroatoms. The number of ether oxygens (including phenoxy) is 3. The number of esters is 1. The summed E-state index contributed by atoms with van der Waals surface area (Å²) >= 11 is 0. The number of amides is 1. The third kappa shape index (κ3) is 7.51. The third-order valence-electron chi connectivity index (χ3n) is 4.44. The van der Waals surface area contributed by atoms with Crippen molar-refractivity contribution in [1.82, 2.24) is 5.32 Å². The van der Waals surface area contributed by atoms with Crippen LogP contribution < -0.4 is 5.32 Å². The molecule has 0 atom stereocenters. The third-order valence-corrected chi connectivity index (χ3v) is 4.44. The summed E-state index contributed by atoms with van der Waals surface area (Å²) in [5.74, 6) is -0.322. The van der Waals surface area contributed by atoms with Crippen LogP contribution in [0.25, 0.3) is 0 Å². The lowest BCUT2D eigenvalue weighted by Crippen LogP contribution is -2.53. The number of carbonyl (C=O) groups is 2. The molecule has 0 heterocycles. The molecule has 1 saturated carbocycles. The molecule has 0 bridgehead atoms. The lowest BCUT2D eigenvalue weighted by molar-refractivity contribution is -0.151. The van der Waals surface area contributed by atoms with E-state index in [0.717, 1.165) is 25.7 Å². The van der Waals surface area contributed by atoms with Crippen LogP contribution in [0.1, 0.15) is 71.1 Å². The second-order valence-electron chi connectivity index (χ2n) is 6.45. The molecule has 0 unspecified atom stereocenters. The Bertz CT molecular complexity index is 366. The van der Waals surface area contributed by atoms with Crippen LogP contribution in [0.4, 0.5) is 4.79 Å². The van der Waals surface area contributed by atoms with Gasteiger partial charge in [0.2, 0.25) is 0 Å². The normalized spacial score (nSPS) is 15.9. The molecular formula is C18H33NO5. The minimum Gasteiger partial charge on any atom is -0.464 e. The van der Waals surface area contributed by atoms with Crippen LogP contribution in [0.5, 0.6) is 0 Å². The Balaban J connectivity index is 2.31. The zero-order chi connectivity index (χ0) is 17.7. The maximum absolute atomic E-state index is 12.5. The van der Waals surface area contributed by atoms with Gasteiger partial charge in [-0.25, -0.2) is 9.59 Å². The van der Waals surface area contributed by atoms with E-state index in [1.54, 1.807) is 7.11 Å². The van der Waals surface area contributed by atoms with Gasteiger partial charge in [0.15, 0.2) is 0 Å². The molecule has 0 aromatic carbocycles. The topological polar surface area (TPSA) is 73.9 Å². The summed E-state index contributed by atoms with van der Waals surface area (Å²) in [5, 5.41) is 2.73. The van der Waals surface area contributed by atoms with Crippen molar-refractivity contribution in [3.05, 3.63) is 0 Å². The van der Waals surface area contributed by atoms with Crippen molar-refractivity contribution in [1.29, 1.82) is 0 Å². The molecule has 6 nitrogen and oxygen atoms in total. The lowest BCUT2D eigenvalue weighted by Gasteiger charge is -2.27. The van der Waals surface area contributed by atoms with Crippen LogP contribution in [0.15, 0.2) is 0 Å². The molecular weight excluding hydrogens is 310 g/mol. The standard InChI is InChI=1S/C18H33NO5/c1-3-4-5-6-7-10-13-23-16(20)18(11-8-9-12-18)19-17(21)24-15-14-22-2/h3-15H2,1-2H3,(H,19,21). The van der Waals surface area contributed by atoms with E-state index >= 15 is 0 Å². The van der Waals surface area contributed by atoms with Crippen LogP contribution in [-0.2, 0) is 19.0 Å². The van der Waals surface area contributed by atoms with Crippen LogP contribution in [-0.4, -0.2) is 44.5 Å². The van der Waals surface area contributed by atoms with Gasteiger partial charge in [-0.2, -0.15) is 0 Å². The largest absolute Gasteiger partial charge is 0.464 e. The predicted molar refractivity (Wildman–Crippen MR) is 91.9 cm³/mol. The lowest BCUT2D eigenvalue weighted by atomic mass is 9.98. The molecule has 0 aliphatic heterocycles. The Hall–Kier alpha value is -1.30. The fourth-order valence-electron chi connectivity index (χ4n) is 2.99. The first kappa shape index (κ1) is 20.7.